The third-order valence-corrected chi connectivity index (χ3v) is 2.45. The average molecular weight is 209 g/mol. The first kappa shape index (κ1) is 12.3. The van der Waals surface area contributed by atoms with Crippen LogP contribution < -0.4 is 5.73 Å². The Morgan fingerprint density at radius 1 is 1.07 bits per heavy atom. The zero-order chi connectivity index (χ0) is 11.9. The molecule has 0 saturated heterocycles. The van der Waals surface area contributed by atoms with Gasteiger partial charge in [-0.15, -0.1) is 0 Å². The van der Waals surface area contributed by atoms with Crippen molar-refractivity contribution in [3.05, 3.63) is 23.2 Å². The smallest absolute Gasteiger partial charge is 0.114 e. The Balaban J connectivity index is 3.24. The minimum absolute atomic E-state index is 0.0260. The fourth-order valence-electron chi connectivity index (χ4n) is 1.58. The van der Waals surface area contributed by atoms with Gasteiger partial charge in [0.05, 0.1) is 0 Å². The topological polar surface area (TPSA) is 39.2 Å². The van der Waals surface area contributed by atoms with Crippen molar-refractivity contribution in [1.29, 1.82) is 0 Å². The second-order valence-electron chi connectivity index (χ2n) is 6.17. The summed E-state index contributed by atoms with van der Waals surface area (Å²) in [7, 11) is 0. The van der Waals surface area contributed by atoms with Crippen LogP contribution in [0.25, 0.3) is 0 Å². The van der Waals surface area contributed by atoms with Gasteiger partial charge in [-0.3, -0.25) is 0 Å². The Hall–Kier alpha value is -0.760. The molecular formula is C13H23NO. The SMILES string of the molecule is CC(C)(C)c1cc(CN)c(C(C)(C)C)o1. The van der Waals surface area contributed by atoms with E-state index in [0.717, 1.165) is 17.1 Å². The van der Waals surface area contributed by atoms with Crippen molar-refractivity contribution in [1.82, 2.24) is 0 Å². The van der Waals surface area contributed by atoms with E-state index in [1.54, 1.807) is 0 Å². The van der Waals surface area contributed by atoms with Gasteiger partial charge in [0.2, 0.25) is 0 Å². The summed E-state index contributed by atoms with van der Waals surface area (Å²) in [6, 6.07) is 2.10. The molecule has 0 spiro atoms. The molecular weight excluding hydrogens is 186 g/mol. The predicted molar refractivity (Wildman–Crippen MR) is 64.0 cm³/mol. The summed E-state index contributed by atoms with van der Waals surface area (Å²) < 4.78 is 5.95. The maximum atomic E-state index is 5.95. The Labute approximate surface area is 92.9 Å². The molecule has 1 rings (SSSR count). The lowest BCUT2D eigenvalue weighted by molar-refractivity contribution is 0.341. The van der Waals surface area contributed by atoms with E-state index in [1.807, 2.05) is 0 Å². The molecule has 1 heterocycles. The Morgan fingerprint density at radius 3 is 1.87 bits per heavy atom. The number of hydrogen-bond donors (Lipinski definition) is 1. The molecule has 0 saturated carbocycles. The monoisotopic (exact) mass is 209 g/mol. The minimum Gasteiger partial charge on any atom is -0.465 e. The van der Waals surface area contributed by atoms with Crippen LogP contribution in [0.3, 0.4) is 0 Å². The largest absolute Gasteiger partial charge is 0.465 e. The summed E-state index contributed by atoms with van der Waals surface area (Å²) in [4.78, 5) is 0. The van der Waals surface area contributed by atoms with E-state index in [1.165, 1.54) is 0 Å². The maximum Gasteiger partial charge on any atom is 0.114 e. The van der Waals surface area contributed by atoms with Crippen LogP contribution in [0.4, 0.5) is 0 Å². The van der Waals surface area contributed by atoms with Crippen molar-refractivity contribution >= 4 is 0 Å². The molecule has 0 aliphatic rings. The van der Waals surface area contributed by atoms with Gasteiger partial charge in [0.15, 0.2) is 0 Å². The standard InChI is InChI=1S/C13H23NO/c1-12(2,3)10-7-9(8-14)11(15-10)13(4,5)6/h7H,8,14H2,1-6H3. The van der Waals surface area contributed by atoms with Crippen LogP contribution in [0.15, 0.2) is 10.5 Å². The van der Waals surface area contributed by atoms with Gasteiger partial charge < -0.3 is 10.2 Å². The molecule has 0 aliphatic heterocycles. The van der Waals surface area contributed by atoms with Gasteiger partial charge in [0, 0.05) is 22.9 Å². The highest BCUT2D eigenvalue weighted by Crippen LogP contribution is 2.33. The fourth-order valence-corrected chi connectivity index (χ4v) is 1.58. The van der Waals surface area contributed by atoms with Crippen LogP contribution in [0.5, 0.6) is 0 Å². The first-order valence-electron chi connectivity index (χ1n) is 5.50. The molecule has 0 bridgehead atoms. The minimum atomic E-state index is 0.0260. The number of hydrogen-bond acceptors (Lipinski definition) is 2. The average Bonchev–Trinajstić information content (AvgIpc) is 2.44. The molecule has 0 aromatic carbocycles. The van der Waals surface area contributed by atoms with Gasteiger partial charge in [-0.2, -0.15) is 0 Å². The second kappa shape index (κ2) is 3.67. The van der Waals surface area contributed by atoms with E-state index in [2.05, 4.69) is 47.6 Å². The molecule has 0 atom stereocenters. The molecule has 86 valence electrons. The summed E-state index contributed by atoms with van der Waals surface area (Å²) in [5.74, 6) is 2.04. The fraction of sp³-hybridized carbons (Fsp3) is 0.692. The Bertz CT molecular complexity index is 336. The third-order valence-electron chi connectivity index (χ3n) is 2.45. The second-order valence-corrected chi connectivity index (χ2v) is 6.17. The van der Waals surface area contributed by atoms with Gasteiger partial charge in [0.25, 0.3) is 0 Å². The lowest BCUT2D eigenvalue weighted by Crippen LogP contribution is -2.14. The third kappa shape index (κ3) is 2.63. The number of nitrogens with two attached hydrogens (primary N) is 1. The first-order valence-corrected chi connectivity index (χ1v) is 5.50. The highest BCUT2D eigenvalue weighted by atomic mass is 16.3. The van der Waals surface area contributed by atoms with E-state index >= 15 is 0 Å². The number of furan rings is 1. The van der Waals surface area contributed by atoms with Crippen LogP contribution in [0, 0.1) is 0 Å². The highest BCUT2D eigenvalue weighted by molar-refractivity contribution is 5.29. The van der Waals surface area contributed by atoms with E-state index < -0.39 is 0 Å². The molecule has 2 nitrogen and oxygen atoms in total. The summed E-state index contributed by atoms with van der Waals surface area (Å²) in [6.07, 6.45) is 0. The van der Waals surface area contributed by atoms with Gasteiger partial charge in [-0.05, 0) is 6.07 Å². The summed E-state index contributed by atoms with van der Waals surface area (Å²) >= 11 is 0. The van der Waals surface area contributed by atoms with E-state index in [-0.39, 0.29) is 10.8 Å². The van der Waals surface area contributed by atoms with Crippen molar-refractivity contribution in [2.75, 3.05) is 0 Å². The van der Waals surface area contributed by atoms with E-state index in [0.29, 0.717) is 6.54 Å². The summed E-state index contributed by atoms with van der Waals surface area (Å²) in [5, 5.41) is 0. The van der Waals surface area contributed by atoms with Crippen LogP contribution in [0.1, 0.15) is 58.6 Å². The van der Waals surface area contributed by atoms with Crippen molar-refractivity contribution in [2.24, 2.45) is 5.73 Å². The molecule has 15 heavy (non-hydrogen) atoms. The van der Waals surface area contributed by atoms with Gasteiger partial charge in [0.1, 0.15) is 11.5 Å². The van der Waals surface area contributed by atoms with Gasteiger partial charge in [-0.1, -0.05) is 41.5 Å². The predicted octanol–water partition coefficient (Wildman–Crippen LogP) is 3.33. The molecule has 1 aromatic rings. The summed E-state index contributed by atoms with van der Waals surface area (Å²) in [6.45, 7) is 13.5. The molecule has 0 unspecified atom stereocenters. The lowest BCUT2D eigenvalue weighted by Gasteiger charge is -2.18. The Kier molecular flexibility index (Phi) is 3.01. The normalized spacial score (nSPS) is 13.3. The summed E-state index contributed by atoms with van der Waals surface area (Å²) in [5.41, 5.74) is 6.95. The molecule has 0 fully saturated rings. The van der Waals surface area contributed by atoms with Gasteiger partial charge in [-0.25, -0.2) is 0 Å². The van der Waals surface area contributed by atoms with Crippen molar-refractivity contribution < 1.29 is 4.42 Å². The first-order chi connectivity index (χ1) is 6.66. The zero-order valence-corrected chi connectivity index (χ0v) is 10.8. The Morgan fingerprint density at radius 2 is 1.60 bits per heavy atom. The molecule has 1 aromatic heterocycles. The van der Waals surface area contributed by atoms with Crippen LogP contribution in [-0.4, -0.2) is 0 Å². The van der Waals surface area contributed by atoms with Crippen molar-refractivity contribution in [2.45, 2.75) is 58.9 Å². The van der Waals surface area contributed by atoms with Gasteiger partial charge >= 0.3 is 0 Å². The van der Waals surface area contributed by atoms with Crippen LogP contribution in [-0.2, 0) is 17.4 Å². The highest BCUT2D eigenvalue weighted by Gasteiger charge is 2.27. The molecule has 2 N–H and O–H groups in total. The quantitative estimate of drug-likeness (QED) is 0.770. The molecule has 0 aliphatic carbocycles. The lowest BCUT2D eigenvalue weighted by atomic mass is 9.90. The van der Waals surface area contributed by atoms with E-state index in [4.69, 9.17) is 10.2 Å². The van der Waals surface area contributed by atoms with Crippen LogP contribution >= 0.6 is 0 Å². The molecule has 0 amide bonds. The molecule has 0 radical (unpaired) electrons. The van der Waals surface area contributed by atoms with Crippen molar-refractivity contribution in [3.8, 4) is 0 Å². The zero-order valence-electron chi connectivity index (χ0n) is 10.8. The van der Waals surface area contributed by atoms with Crippen LogP contribution in [0.2, 0.25) is 0 Å². The molecule has 2 heteroatoms. The number of rotatable bonds is 1. The van der Waals surface area contributed by atoms with Crippen molar-refractivity contribution in [3.63, 3.8) is 0 Å². The van der Waals surface area contributed by atoms with E-state index in [9.17, 15) is 0 Å². The maximum absolute atomic E-state index is 5.95.